The Bertz CT molecular complexity index is 1490. The minimum absolute atomic E-state index is 0.00689. The number of nitrogens with zero attached hydrogens (tertiary/aromatic N) is 5. The zero-order valence-corrected chi connectivity index (χ0v) is 24.9. The van der Waals surface area contributed by atoms with Crippen molar-refractivity contribution < 1.29 is 14.4 Å². The van der Waals surface area contributed by atoms with Gasteiger partial charge in [0.15, 0.2) is 0 Å². The van der Waals surface area contributed by atoms with Gasteiger partial charge in [-0.15, -0.1) is 11.3 Å². The average molecular weight is 575 g/mol. The van der Waals surface area contributed by atoms with Crippen LogP contribution in [0.1, 0.15) is 68.6 Å². The molecule has 41 heavy (non-hydrogen) atoms. The second-order valence-corrected chi connectivity index (χ2v) is 12.9. The summed E-state index contributed by atoms with van der Waals surface area (Å²) in [4.78, 5) is 56.5. The van der Waals surface area contributed by atoms with Crippen molar-refractivity contribution in [3.63, 3.8) is 0 Å². The van der Waals surface area contributed by atoms with Crippen molar-refractivity contribution in [1.82, 2.24) is 14.9 Å². The van der Waals surface area contributed by atoms with Crippen LogP contribution >= 0.6 is 11.3 Å². The fourth-order valence-corrected chi connectivity index (χ4v) is 7.52. The van der Waals surface area contributed by atoms with Crippen LogP contribution in [-0.2, 0) is 27.2 Å². The summed E-state index contributed by atoms with van der Waals surface area (Å²) in [6.45, 7) is 9.35. The molecular weight excluding hydrogens is 536 g/mol. The highest BCUT2D eigenvalue weighted by atomic mass is 32.1. The lowest BCUT2D eigenvalue weighted by molar-refractivity contribution is -0.131. The molecule has 0 bridgehead atoms. The predicted octanol–water partition coefficient (Wildman–Crippen LogP) is 4.74. The van der Waals surface area contributed by atoms with Crippen molar-refractivity contribution in [2.45, 2.75) is 65.2 Å². The molecule has 10 heteroatoms. The third kappa shape index (κ3) is 5.54. The largest absolute Gasteiger partial charge is 0.352 e. The smallest absolute Gasteiger partial charge is 0.244 e. The first kappa shape index (κ1) is 27.6. The van der Waals surface area contributed by atoms with Crippen LogP contribution < -0.4 is 15.1 Å². The lowest BCUT2D eigenvalue weighted by atomic mass is 9.89. The number of rotatable bonds is 6. The molecule has 3 aromatic rings. The molecule has 3 aliphatic rings. The minimum atomic E-state index is -0.204. The SMILES string of the molecule is CC(C)c1nc(N2CCN(C(=O)CCCC(=O)N3CC(=O)Nc4ccccc43)CC2)c2c3c(sc2n1)C[C@@H](C)CC3. The van der Waals surface area contributed by atoms with Crippen LogP contribution in [-0.4, -0.2) is 65.3 Å². The van der Waals surface area contributed by atoms with E-state index < -0.39 is 0 Å². The molecule has 1 atom stereocenters. The van der Waals surface area contributed by atoms with E-state index in [0.29, 0.717) is 43.2 Å². The van der Waals surface area contributed by atoms with E-state index in [1.165, 1.54) is 27.1 Å². The summed E-state index contributed by atoms with van der Waals surface area (Å²) in [7, 11) is 0. The Morgan fingerprint density at radius 1 is 1.07 bits per heavy atom. The maximum atomic E-state index is 13.1. The number of hydrogen-bond donors (Lipinski definition) is 1. The highest BCUT2D eigenvalue weighted by molar-refractivity contribution is 7.19. The summed E-state index contributed by atoms with van der Waals surface area (Å²) in [6.07, 6.45) is 4.41. The van der Waals surface area contributed by atoms with Crippen LogP contribution in [0.2, 0.25) is 0 Å². The van der Waals surface area contributed by atoms with Crippen molar-refractivity contribution in [3.05, 3.63) is 40.5 Å². The second kappa shape index (κ2) is 11.4. The molecule has 1 fully saturated rings. The highest BCUT2D eigenvalue weighted by Crippen LogP contribution is 2.41. The molecule has 1 N–H and O–H groups in total. The summed E-state index contributed by atoms with van der Waals surface area (Å²) in [6, 6.07) is 7.30. The number of carbonyl (C=O) groups excluding carboxylic acids is 3. The molecule has 216 valence electrons. The Balaban J connectivity index is 1.08. The van der Waals surface area contributed by atoms with Gasteiger partial charge in [0.05, 0.1) is 16.8 Å². The van der Waals surface area contributed by atoms with Gasteiger partial charge >= 0.3 is 0 Å². The van der Waals surface area contributed by atoms with Crippen molar-refractivity contribution in [1.29, 1.82) is 0 Å². The lowest BCUT2D eigenvalue weighted by Gasteiger charge is -2.36. The van der Waals surface area contributed by atoms with E-state index >= 15 is 0 Å². The first-order valence-electron chi connectivity index (χ1n) is 14.8. The molecule has 1 aliphatic carbocycles. The van der Waals surface area contributed by atoms with Gasteiger partial charge in [0.2, 0.25) is 17.7 Å². The van der Waals surface area contributed by atoms with E-state index in [2.05, 4.69) is 31.0 Å². The normalized spacial score (nSPS) is 18.9. The van der Waals surface area contributed by atoms with Gasteiger partial charge in [-0.05, 0) is 49.3 Å². The predicted molar refractivity (Wildman–Crippen MR) is 163 cm³/mol. The van der Waals surface area contributed by atoms with Crippen molar-refractivity contribution in [2.24, 2.45) is 5.92 Å². The van der Waals surface area contributed by atoms with Crippen LogP contribution in [0.5, 0.6) is 0 Å². The van der Waals surface area contributed by atoms with E-state index in [1.54, 1.807) is 6.07 Å². The van der Waals surface area contributed by atoms with Gasteiger partial charge in [-0.3, -0.25) is 14.4 Å². The fourth-order valence-electron chi connectivity index (χ4n) is 6.13. The van der Waals surface area contributed by atoms with Gasteiger partial charge in [0.1, 0.15) is 23.0 Å². The summed E-state index contributed by atoms with van der Waals surface area (Å²) < 4.78 is 0. The Morgan fingerprint density at radius 3 is 2.61 bits per heavy atom. The van der Waals surface area contributed by atoms with Gasteiger partial charge in [-0.2, -0.15) is 0 Å². The summed E-state index contributed by atoms with van der Waals surface area (Å²) >= 11 is 1.84. The van der Waals surface area contributed by atoms with Crippen molar-refractivity contribution in [2.75, 3.05) is 47.8 Å². The maximum absolute atomic E-state index is 13.1. The van der Waals surface area contributed by atoms with E-state index in [-0.39, 0.29) is 36.6 Å². The molecule has 3 amide bonds. The van der Waals surface area contributed by atoms with Crippen LogP contribution in [0, 0.1) is 5.92 Å². The first-order chi connectivity index (χ1) is 19.8. The Hall–Kier alpha value is -3.53. The van der Waals surface area contributed by atoms with E-state index in [1.807, 2.05) is 34.4 Å². The number of hydrogen-bond acceptors (Lipinski definition) is 7. The molecule has 0 spiro atoms. The third-order valence-electron chi connectivity index (χ3n) is 8.45. The van der Waals surface area contributed by atoms with Crippen molar-refractivity contribution in [3.8, 4) is 0 Å². The van der Waals surface area contributed by atoms with Crippen LogP contribution in [0.15, 0.2) is 24.3 Å². The number of benzene rings is 1. The molecule has 0 radical (unpaired) electrons. The number of thiophene rings is 1. The zero-order chi connectivity index (χ0) is 28.7. The Labute approximate surface area is 244 Å². The number of carbonyl (C=O) groups is 3. The number of fused-ring (bicyclic) bond motifs is 4. The van der Waals surface area contributed by atoms with Crippen molar-refractivity contribution >= 4 is 56.5 Å². The number of aromatic nitrogens is 2. The summed E-state index contributed by atoms with van der Waals surface area (Å²) in [5.74, 6) is 2.61. The number of anilines is 3. The molecule has 4 heterocycles. The summed E-state index contributed by atoms with van der Waals surface area (Å²) in [5, 5.41) is 4.03. The topological polar surface area (TPSA) is 98.7 Å². The molecule has 6 rings (SSSR count). The number of piperazine rings is 1. The standard InChI is InChI=1S/C31H38N6O3S/c1-19(2)29-33-30(28-21-12-11-20(3)17-24(21)41-31(28)34-29)36-15-13-35(14-16-36)26(39)9-6-10-27(40)37-18-25(38)32-22-7-4-5-8-23(22)37/h4-5,7-8,19-20H,6,9-18H2,1-3H3,(H,32,38)/t20-/m0/s1. The summed E-state index contributed by atoms with van der Waals surface area (Å²) in [5.41, 5.74) is 2.79. The van der Waals surface area contributed by atoms with E-state index in [4.69, 9.17) is 9.97 Å². The highest BCUT2D eigenvalue weighted by Gasteiger charge is 2.30. The monoisotopic (exact) mass is 574 g/mol. The molecule has 2 aromatic heterocycles. The molecule has 1 aromatic carbocycles. The Morgan fingerprint density at radius 2 is 1.83 bits per heavy atom. The average Bonchev–Trinajstić information content (AvgIpc) is 3.33. The zero-order valence-electron chi connectivity index (χ0n) is 24.1. The first-order valence-corrected chi connectivity index (χ1v) is 15.6. The Kier molecular flexibility index (Phi) is 7.68. The molecule has 1 saturated heterocycles. The molecule has 0 unspecified atom stereocenters. The minimum Gasteiger partial charge on any atom is -0.352 e. The molecular formula is C31H38N6O3S. The van der Waals surface area contributed by atoms with Gasteiger partial charge in [-0.1, -0.05) is 32.9 Å². The van der Waals surface area contributed by atoms with Gasteiger partial charge in [0, 0.05) is 49.8 Å². The third-order valence-corrected chi connectivity index (χ3v) is 9.60. The quantitative estimate of drug-likeness (QED) is 0.457. The maximum Gasteiger partial charge on any atom is 0.244 e. The number of para-hydroxylation sites is 2. The van der Waals surface area contributed by atoms with Gasteiger partial charge < -0.3 is 20.0 Å². The van der Waals surface area contributed by atoms with Crippen LogP contribution in [0.25, 0.3) is 10.2 Å². The fraction of sp³-hybridized carbons (Fsp3) is 0.516. The number of aryl methyl sites for hydroxylation is 1. The molecule has 2 aliphatic heterocycles. The molecule has 9 nitrogen and oxygen atoms in total. The van der Waals surface area contributed by atoms with Gasteiger partial charge in [0.25, 0.3) is 0 Å². The van der Waals surface area contributed by atoms with E-state index in [9.17, 15) is 14.4 Å². The number of nitrogens with one attached hydrogen (secondary N) is 1. The van der Waals surface area contributed by atoms with Gasteiger partial charge in [-0.25, -0.2) is 9.97 Å². The van der Waals surface area contributed by atoms with E-state index in [0.717, 1.165) is 42.4 Å². The lowest BCUT2D eigenvalue weighted by Crippen LogP contribution is -2.49. The number of amides is 3. The van der Waals surface area contributed by atoms with Crippen LogP contribution in [0.3, 0.4) is 0 Å². The molecule has 0 saturated carbocycles. The van der Waals surface area contributed by atoms with Crippen LogP contribution in [0.4, 0.5) is 17.2 Å². The second-order valence-electron chi connectivity index (χ2n) is 11.9.